The summed E-state index contributed by atoms with van der Waals surface area (Å²) in [5.74, 6) is -0.586. The number of para-hydroxylation sites is 1. The van der Waals surface area contributed by atoms with E-state index in [0.29, 0.717) is 6.54 Å². The molecule has 0 radical (unpaired) electrons. The quantitative estimate of drug-likeness (QED) is 0.681. The van der Waals surface area contributed by atoms with Gasteiger partial charge >= 0.3 is 0 Å². The zero-order valence-corrected chi connectivity index (χ0v) is 15.1. The Hall–Kier alpha value is -2.38. The molecule has 0 saturated heterocycles. The summed E-state index contributed by atoms with van der Waals surface area (Å²) in [4.78, 5) is 23.5. The van der Waals surface area contributed by atoms with Gasteiger partial charge in [-0.3, -0.25) is 9.59 Å². The number of amides is 2. The van der Waals surface area contributed by atoms with Crippen molar-refractivity contribution in [2.75, 3.05) is 6.54 Å². The average molecular weight is 366 g/mol. The minimum Gasteiger partial charge on any atom is -0.349 e. The molecule has 1 aromatic heterocycles. The molecule has 2 aromatic rings. The van der Waals surface area contributed by atoms with Gasteiger partial charge in [0.25, 0.3) is 0 Å². The molecule has 2 rings (SSSR count). The molecule has 4 N–H and O–H groups in total. The first-order chi connectivity index (χ1) is 11.5. The van der Waals surface area contributed by atoms with Crippen LogP contribution in [-0.2, 0) is 16.1 Å². The van der Waals surface area contributed by atoms with Crippen LogP contribution in [0.3, 0.4) is 0 Å². The van der Waals surface area contributed by atoms with E-state index in [1.165, 1.54) is 0 Å². The van der Waals surface area contributed by atoms with Crippen molar-refractivity contribution in [3.05, 3.63) is 48.3 Å². The maximum Gasteiger partial charge on any atom is 0.239 e. The standard InChI is InChI=1S/C17H23N5O2.ClH/c1-12(2)16(18)17(24)20-11-15(23)19-10-13-8-9-22(21-13)14-6-4-3-5-7-14;/h3-9,12,16H,10-11,18H2,1-2H3,(H,19,23)(H,20,24);1H/t16-;/m0./s1. The molecule has 136 valence electrons. The number of hydrogen-bond donors (Lipinski definition) is 3. The lowest BCUT2D eigenvalue weighted by Crippen LogP contribution is -2.47. The van der Waals surface area contributed by atoms with Gasteiger partial charge in [0, 0.05) is 6.20 Å². The van der Waals surface area contributed by atoms with Crippen LogP contribution in [0, 0.1) is 5.92 Å². The molecular formula is C17H24ClN5O2. The molecule has 7 nitrogen and oxygen atoms in total. The van der Waals surface area contributed by atoms with Crippen LogP contribution in [0.25, 0.3) is 5.69 Å². The molecule has 2 amide bonds. The molecule has 1 heterocycles. The van der Waals surface area contributed by atoms with Gasteiger partial charge in [-0.2, -0.15) is 5.10 Å². The number of carbonyl (C=O) groups excluding carboxylic acids is 2. The van der Waals surface area contributed by atoms with Crippen LogP contribution >= 0.6 is 12.4 Å². The molecule has 0 spiro atoms. The highest BCUT2D eigenvalue weighted by Crippen LogP contribution is 2.06. The summed E-state index contributed by atoms with van der Waals surface area (Å²) in [6.07, 6.45) is 1.83. The second-order valence-corrected chi connectivity index (χ2v) is 5.85. The largest absolute Gasteiger partial charge is 0.349 e. The Balaban J connectivity index is 0.00000312. The summed E-state index contributed by atoms with van der Waals surface area (Å²) < 4.78 is 1.74. The first-order valence-electron chi connectivity index (χ1n) is 7.87. The van der Waals surface area contributed by atoms with Gasteiger partial charge in [-0.05, 0) is 24.1 Å². The Labute approximate surface area is 153 Å². The van der Waals surface area contributed by atoms with Crippen molar-refractivity contribution in [3.8, 4) is 5.69 Å². The average Bonchev–Trinajstić information content (AvgIpc) is 3.06. The van der Waals surface area contributed by atoms with Gasteiger partial charge in [0.05, 0.1) is 30.5 Å². The van der Waals surface area contributed by atoms with E-state index in [9.17, 15) is 9.59 Å². The summed E-state index contributed by atoms with van der Waals surface area (Å²) in [6, 6.07) is 10.9. The lowest BCUT2D eigenvalue weighted by molar-refractivity contribution is -0.127. The molecule has 0 fully saturated rings. The van der Waals surface area contributed by atoms with E-state index in [4.69, 9.17) is 5.73 Å². The summed E-state index contributed by atoms with van der Waals surface area (Å²) in [7, 11) is 0. The number of aromatic nitrogens is 2. The molecule has 1 atom stereocenters. The molecule has 8 heteroatoms. The number of nitrogens with two attached hydrogens (primary N) is 1. The molecule has 0 aliphatic rings. The Bertz CT molecular complexity index is 687. The summed E-state index contributed by atoms with van der Waals surface area (Å²) in [5.41, 5.74) is 7.40. The van der Waals surface area contributed by atoms with Gasteiger partial charge in [0.1, 0.15) is 0 Å². The van der Waals surface area contributed by atoms with E-state index in [-0.39, 0.29) is 36.7 Å². The van der Waals surface area contributed by atoms with Crippen molar-refractivity contribution in [2.24, 2.45) is 11.7 Å². The normalized spacial score (nSPS) is 11.5. The molecule has 0 aliphatic heterocycles. The highest BCUT2D eigenvalue weighted by Gasteiger charge is 2.17. The Morgan fingerprint density at radius 1 is 1.16 bits per heavy atom. The number of carbonyl (C=O) groups is 2. The van der Waals surface area contributed by atoms with E-state index in [1.807, 2.05) is 56.4 Å². The highest BCUT2D eigenvalue weighted by atomic mass is 35.5. The van der Waals surface area contributed by atoms with Crippen LogP contribution in [0.4, 0.5) is 0 Å². The third-order valence-corrected chi connectivity index (χ3v) is 3.58. The van der Waals surface area contributed by atoms with E-state index in [2.05, 4.69) is 15.7 Å². The lowest BCUT2D eigenvalue weighted by atomic mass is 10.1. The number of benzene rings is 1. The number of hydrogen-bond acceptors (Lipinski definition) is 4. The summed E-state index contributed by atoms with van der Waals surface area (Å²) >= 11 is 0. The number of nitrogens with zero attached hydrogens (tertiary/aromatic N) is 2. The van der Waals surface area contributed by atoms with E-state index in [1.54, 1.807) is 4.68 Å². The molecular weight excluding hydrogens is 342 g/mol. The minimum absolute atomic E-state index is 0. The third kappa shape index (κ3) is 6.21. The predicted octanol–water partition coefficient (Wildman–Crippen LogP) is 1.01. The van der Waals surface area contributed by atoms with Crippen molar-refractivity contribution in [2.45, 2.75) is 26.4 Å². The van der Waals surface area contributed by atoms with E-state index < -0.39 is 6.04 Å². The molecule has 25 heavy (non-hydrogen) atoms. The zero-order valence-electron chi connectivity index (χ0n) is 14.3. The maximum absolute atomic E-state index is 11.8. The van der Waals surface area contributed by atoms with Crippen molar-refractivity contribution >= 4 is 24.2 Å². The number of halogens is 1. The van der Waals surface area contributed by atoms with Gasteiger partial charge in [0.2, 0.25) is 11.8 Å². The second-order valence-electron chi connectivity index (χ2n) is 5.85. The fraction of sp³-hybridized carbons (Fsp3) is 0.353. The zero-order chi connectivity index (χ0) is 17.5. The van der Waals surface area contributed by atoms with Crippen molar-refractivity contribution in [3.63, 3.8) is 0 Å². The van der Waals surface area contributed by atoms with Gasteiger partial charge in [-0.1, -0.05) is 32.0 Å². The predicted molar refractivity (Wildman–Crippen MR) is 98.5 cm³/mol. The topological polar surface area (TPSA) is 102 Å². The first-order valence-corrected chi connectivity index (χ1v) is 7.87. The number of rotatable bonds is 7. The SMILES string of the molecule is CC(C)[C@H](N)C(=O)NCC(=O)NCc1ccn(-c2ccccc2)n1.Cl. The van der Waals surface area contributed by atoms with Crippen LogP contribution in [0.1, 0.15) is 19.5 Å². The van der Waals surface area contributed by atoms with E-state index >= 15 is 0 Å². The molecule has 1 aromatic carbocycles. The van der Waals surface area contributed by atoms with Crippen molar-refractivity contribution in [1.82, 2.24) is 20.4 Å². The van der Waals surface area contributed by atoms with Crippen molar-refractivity contribution < 1.29 is 9.59 Å². The summed E-state index contributed by atoms with van der Waals surface area (Å²) in [6.45, 7) is 3.91. The molecule has 0 aliphatic carbocycles. The lowest BCUT2D eigenvalue weighted by Gasteiger charge is -2.14. The monoisotopic (exact) mass is 365 g/mol. The Morgan fingerprint density at radius 3 is 2.48 bits per heavy atom. The van der Waals surface area contributed by atoms with Crippen LogP contribution in [0.5, 0.6) is 0 Å². The molecule has 0 unspecified atom stereocenters. The van der Waals surface area contributed by atoms with Gasteiger partial charge in [-0.15, -0.1) is 12.4 Å². The second kappa shape index (κ2) is 9.80. The smallest absolute Gasteiger partial charge is 0.239 e. The molecule has 0 bridgehead atoms. The number of nitrogens with one attached hydrogen (secondary N) is 2. The van der Waals surface area contributed by atoms with Gasteiger partial charge in [-0.25, -0.2) is 4.68 Å². The fourth-order valence-electron chi connectivity index (χ4n) is 2.02. The third-order valence-electron chi connectivity index (χ3n) is 3.58. The summed E-state index contributed by atoms with van der Waals surface area (Å²) in [5, 5.41) is 9.64. The Morgan fingerprint density at radius 2 is 1.84 bits per heavy atom. The van der Waals surface area contributed by atoms with E-state index in [0.717, 1.165) is 11.4 Å². The van der Waals surface area contributed by atoms with Gasteiger partial charge < -0.3 is 16.4 Å². The molecule has 0 saturated carbocycles. The minimum atomic E-state index is -0.612. The van der Waals surface area contributed by atoms with Crippen LogP contribution in [0.2, 0.25) is 0 Å². The Kier molecular flexibility index (Phi) is 8.10. The van der Waals surface area contributed by atoms with Crippen LogP contribution < -0.4 is 16.4 Å². The maximum atomic E-state index is 11.8. The first kappa shape index (κ1) is 20.7. The fourth-order valence-corrected chi connectivity index (χ4v) is 2.02. The van der Waals surface area contributed by atoms with Crippen LogP contribution in [-0.4, -0.2) is 34.2 Å². The highest BCUT2D eigenvalue weighted by molar-refractivity contribution is 5.87. The van der Waals surface area contributed by atoms with Gasteiger partial charge in [0.15, 0.2) is 0 Å². The van der Waals surface area contributed by atoms with Crippen LogP contribution in [0.15, 0.2) is 42.6 Å². The van der Waals surface area contributed by atoms with Crippen molar-refractivity contribution in [1.29, 1.82) is 0 Å².